The number of amides is 1. The highest BCUT2D eigenvalue weighted by Gasteiger charge is 2.18. The number of nitrogens with two attached hydrogens (primary N) is 2. The predicted octanol–water partition coefficient (Wildman–Crippen LogP) is 2.04. The molecule has 7 heteroatoms. The standard InChI is InChI=1S/C22H20ClN5O/c23-19-3-1-2-16(10-19)15-28(22(29)11-20-14-26-8-9-27-20)21-6-4-17(5-7-21)18(12-24)13-25/h1-10,12-14,24H,11,15,25H2/p+1/b18-13+,24-12?. The summed E-state index contributed by atoms with van der Waals surface area (Å²) in [5.41, 5.74) is 9.45. The van der Waals surface area contributed by atoms with Gasteiger partial charge in [-0.2, -0.15) is 0 Å². The Kier molecular flexibility index (Phi) is 6.71. The van der Waals surface area contributed by atoms with Crippen LogP contribution in [0.1, 0.15) is 16.8 Å². The smallest absolute Gasteiger partial charge is 0.233 e. The molecule has 0 bridgehead atoms. The number of halogens is 1. The predicted molar refractivity (Wildman–Crippen MR) is 115 cm³/mol. The Morgan fingerprint density at radius 3 is 2.59 bits per heavy atom. The van der Waals surface area contributed by atoms with Gasteiger partial charge in [0.15, 0.2) is 6.21 Å². The summed E-state index contributed by atoms with van der Waals surface area (Å²) in [5.74, 6) is -0.0989. The highest BCUT2D eigenvalue weighted by molar-refractivity contribution is 6.30. The van der Waals surface area contributed by atoms with E-state index in [0.717, 1.165) is 16.8 Å². The zero-order valence-corrected chi connectivity index (χ0v) is 16.5. The first kappa shape index (κ1) is 20.2. The maximum absolute atomic E-state index is 13.1. The van der Waals surface area contributed by atoms with Crippen molar-refractivity contribution in [2.75, 3.05) is 4.90 Å². The van der Waals surface area contributed by atoms with Crippen molar-refractivity contribution < 1.29 is 10.2 Å². The first-order valence-electron chi connectivity index (χ1n) is 8.97. The van der Waals surface area contributed by atoms with Crippen LogP contribution in [0.15, 0.2) is 73.3 Å². The molecule has 0 aliphatic carbocycles. The Balaban J connectivity index is 1.91. The van der Waals surface area contributed by atoms with Gasteiger partial charge in [-0.05, 0) is 35.4 Å². The van der Waals surface area contributed by atoms with Gasteiger partial charge >= 0.3 is 0 Å². The summed E-state index contributed by atoms with van der Waals surface area (Å²) in [6, 6.07) is 14.9. The summed E-state index contributed by atoms with van der Waals surface area (Å²) in [5, 5.41) is 6.22. The summed E-state index contributed by atoms with van der Waals surface area (Å²) in [4.78, 5) is 23.0. The summed E-state index contributed by atoms with van der Waals surface area (Å²) in [6.45, 7) is 0.377. The highest BCUT2D eigenvalue weighted by Crippen LogP contribution is 2.22. The van der Waals surface area contributed by atoms with E-state index in [2.05, 4.69) is 9.97 Å². The van der Waals surface area contributed by atoms with Crippen molar-refractivity contribution in [3.8, 4) is 0 Å². The van der Waals surface area contributed by atoms with E-state index in [0.29, 0.717) is 22.8 Å². The lowest BCUT2D eigenvalue weighted by atomic mass is 10.1. The molecule has 0 saturated heterocycles. The van der Waals surface area contributed by atoms with Gasteiger partial charge in [-0.25, -0.2) is 0 Å². The van der Waals surface area contributed by atoms with Gasteiger partial charge in [0.25, 0.3) is 0 Å². The van der Waals surface area contributed by atoms with E-state index in [1.54, 1.807) is 29.6 Å². The number of hydrogen-bond acceptors (Lipinski definition) is 4. The van der Waals surface area contributed by atoms with Gasteiger partial charge in [-0.15, -0.1) is 0 Å². The van der Waals surface area contributed by atoms with Crippen molar-refractivity contribution in [3.63, 3.8) is 0 Å². The quantitative estimate of drug-likeness (QED) is 0.586. The van der Waals surface area contributed by atoms with Crippen molar-refractivity contribution in [1.29, 1.82) is 0 Å². The molecule has 146 valence electrons. The lowest BCUT2D eigenvalue weighted by Gasteiger charge is -2.23. The minimum Gasteiger partial charge on any atom is -0.404 e. The Hall–Kier alpha value is -3.51. The molecule has 1 amide bonds. The fourth-order valence-electron chi connectivity index (χ4n) is 2.89. The number of benzene rings is 2. The lowest BCUT2D eigenvalue weighted by molar-refractivity contribution is -0.118. The Morgan fingerprint density at radius 1 is 1.17 bits per heavy atom. The van der Waals surface area contributed by atoms with Crippen LogP contribution < -0.4 is 16.0 Å². The average Bonchev–Trinajstić information content (AvgIpc) is 2.74. The van der Waals surface area contributed by atoms with Gasteiger partial charge in [0.1, 0.15) is 0 Å². The minimum atomic E-state index is -0.0989. The van der Waals surface area contributed by atoms with Gasteiger partial charge in [0, 0.05) is 35.5 Å². The molecule has 3 rings (SSSR count). The molecule has 2 aromatic carbocycles. The van der Waals surface area contributed by atoms with E-state index < -0.39 is 0 Å². The van der Waals surface area contributed by atoms with E-state index in [-0.39, 0.29) is 12.3 Å². The number of aromatic nitrogens is 2. The van der Waals surface area contributed by atoms with Gasteiger partial charge in [0.05, 0.1) is 24.2 Å². The number of rotatable bonds is 7. The van der Waals surface area contributed by atoms with Crippen LogP contribution in [0.25, 0.3) is 5.57 Å². The first-order chi connectivity index (χ1) is 14.1. The molecular formula is C22H21ClN5O+. The monoisotopic (exact) mass is 406 g/mol. The molecule has 1 aromatic heterocycles. The fraction of sp³-hybridized carbons (Fsp3) is 0.0909. The molecule has 0 radical (unpaired) electrons. The van der Waals surface area contributed by atoms with Crippen molar-refractivity contribution in [2.45, 2.75) is 13.0 Å². The van der Waals surface area contributed by atoms with Crippen LogP contribution in [0.3, 0.4) is 0 Å². The van der Waals surface area contributed by atoms with Crippen molar-refractivity contribution >= 4 is 35.0 Å². The molecule has 0 atom stereocenters. The second-order valence-electron chi connectivity index (χ2n) is 6.32. The third-order valence-electron chi connectivity index (χ3n) is 4.35. The molecule has 0 saturated carbocycles. The highest BCUT2D eigenvalue weighted by atomic mass is 35.5. The van der Waals surface area contributed by atoms with Gasteiger partial charge < -0.3 is 10.6 Å². The largest absolute Gasteiger partial charge is 0.404 e. The summed E-state index contributed by atoms with van der Waals surface area (Å²) in [6.07, 6.45) is 7.76. The van der Waals surface area contributed by atoms with E-state index in [9.17, 15) is 4.79 Å². The zero-order valence-electron chi connectivity index (χ0n) is 15.7. The van der Waals surface area contributed by atoms with Crippen LogP contribution in [0.2, 0.25) is 5.02 Å². The molecule has 3 aromatic rings. The number of anilines is 1. The van der Waals surface area contributed by atoms with Crippen molar-refractivity contribution in [1.82, 2.24) is 9.97 Å². The number of carbonyl (C=O) groups is 1. The summed E-state index contributed by atoms with van der Waals surface area (Å²) in [7, 11) is 0. The fourth-order valence-corrected chi connectivity index (χ4v) is 3.11. The lowest BCUT2D eigenvalue weighted by Crippen LogP contribution is -2.32. The molecule has 6 nitrogen and oxygen atoms in total. The van der Waals surface area contributed by atoms with Gasteiger partial charge in [-0.1, -0.05) is 35.9 Å². The molecular weight excluding hydrogens is 386 g/mol. The Labute approximate surface area is 174 Å². The molecule has 4 N–H and O–H groups in total. The molecule has 0 unspecified atom stereocenters. The van der Waals surface area contributed by atoms with E-state index in [4.69, 9.17) is 22.7 Å². The summed E-state index contributed by atoms with van der Waals surface area (Å²) < 4.78 is 0. The van der Waals surface area contributed by atoms with E-state index in [1.165, 1.54) is 12.4 Å². The van der Waals surface area contributed by atoms with E-state index >= 15 is 0 Å². The Morgan fingerprint density at radius 2 is 1.97 bits per heavy atom. The summed E-state index contributed by atoms with van der Waals surface area (Å²) >= 11 is 6.12. The van der Waals surface area contributed by atoms with E-state index in [1.807, 2.05) is 42.5 Å². The van der Waals surface area contributed by atoms with Gasteiger partial charge in [0.2, 0.25) is 5.91 Å². The van der Waals surface area contributed by atoms with Crippen molar-refractivity contribution in [2.24, 2.45) is 5.73 Å². The second-order valence-corrected chi connectivity index (χ2v) is 6.76. The van der Waals surface area contributed by atoms with Crippen LogP contribution in [-0.4, -0.2) is 22.1 Å². The number of allylic oxidation sites excluding steroid dienone is 1. The SMILES string of the molecule is N/C=C(\C=[NH2+])c1ccc(N(Cc2cccc(Cl)c2)C(=O)Cc2cnccn2)cc1. The third-order valence-corrected chi connectivity index (χ3v) is 4.59. The first-order valence-corrected chi connectivity index (χ1v) is 9.35. The van der Waals surface area contributed by atoms with Crippen LogP contribution in [-0.2, 0) is 17.8 Å². The maximum atomic E-state index is 13.1. The second kappa shape index (κ2) is 9.61. The number of carbonyl (C=O) groups excluding carboxylic acids is 1. The molecule has 0 fully saturated rings. The van der Waals surface area contributed by atoms with Crippen LogP contribution in [0.5, 0.6) is 0 Å². The molecule has 0 spiro atoms. The number of nitrogens with zero attached hydrogens (tertiary/aromatic N) is 3. The van der Waals surface area contributed by atoms with Crippen LogP contribution in [0, 0.1) is 0 Å². The zero-order chi connectivity index (χ0) is 20.6. The van der Waals surface area contributed by atoms with Crippen molar-refractivity contribution in [3.05, 3.63) is 95.2 Å². The molecule has 0 aliphatic heterocycles. The topological polar surface area (TPSA) is 97.7 Å². The Bertz CT molecular complexity index is 1020. The number of hydrogen-bond donors (Lipinski definition) is 2. The molecule has 0 aliphatic rings. The maximum Gasteiger partial charge on any atom is 0.233 e. The van der Waals surface area contributed by atoms with Crippen LogP contribution in [0.4, 0.5) is 5.69 Å². The third kappa shape index (κ3) is 5.27. The van der Waals surface area contributed by atoms with Gasteiger partial charge in [-0.3, -0.25) is 20.2 Å². The van der Waals surface area contributed by atoms with Crippen LogP contribution >= 0.6 is 11.6 Å². The molecule has 1 heterocycles. The minimum absolute atomic E-state index is 0.0989. The molecule has 29 heavy (non-hydrogen) atoms. The average molecular weight is 407 g/mol. The normalized spacial score (nSPS) is 11.1.